The van der Waals surface area contributed by atoms with E-state index in [0.717, 1.165) is 53.5 Å². The second kappa shape index (κ2) is 8.05. The highest BCUT2D eigenvalue weighted by Crippen LogP contribution is 2.30. The minimum atomic E-state index is -0.0519. The van der Waals surface area contributed by atoms with Gasteiger partial charge in [0.05, 0.1) is 17.1 Å². The summed E-state index contributed by atoms with van der Waals surface area (Å²) in [5, 5.41) is 4.19. The van der Waals surface area contributed by atoms with Gasteiger partial charge in [0, 0.05) is 48.9 Å². The van der Waals surface area contributed by atoms with Crippen molar-refractivity contribution in [1.82, 2.24) is 19.4 Å². The van der Waals surface area contributed by atoms with Crippen molar-refractivity contribution in [1.29, 1.82) is 0 Å². The summed E-state index contributed by atoms with van der Waals surface area (Å²) in [6.07, 6.45) is 4.49. The van der Waals surface area contributed by atoms with Crippen LogP contribution in [0, 0.1) is 0 Å². The molecule has 0 amide bonds. The monoisotopic (exact) mass is 402 g/mol. The number of ether oxygens (including phenoxy) is 1. The van der Waals surface area contributed by atoms with Crippen molar-refractivity contribution in [3.63, 3.8) is 0 Å². The number of nitrogens with one attached hydrogen (secondary N) is 1. The summed E-state index contributed by atoms with van der Waals surface area (Å²) in [7, 11) is 1.90. The summed E-state index contributed by atoms with van der Waals surface area (Å²) in [6.45, 7) is 2.94. The quantitative estimate of drug-likeness (QED) is 0.537. The number of likely N-dealkylation sites (N-methyl/N-ethyl adjacent to an activating group) is 1. The number of hydrogen-bond acceptors (Lipinski definition) is 4. The molecule has 6 nitrogen and oxygen atoms in total. The fraction of sp³-hybridized carbons (Fsp3) is 0.333. The zero-order valence-corrected chi connectivity index (χ0v) is 17.2. The van der Waals surface area contributed by atoms with Crippen LogP contribution < -0.4 is 10.9 Å². The van der Waals surface area contributed by atoms with E-state index in [-0.39, 0.29) is 11.7 Å². The molecule has 4 aromatic rings. The smallest absolute Gasteiger partial charge is 0.277 e. The van der Waals surface area contributed by atoms with E-state index >= 15 is 0 Å². The Morgan fingerprint density at radius 1 is 1.13 bits per heavy atom. The Kier molecular flexibility index (Phi) is 5.11. The third-order valence-corrected chi connectivity index (χ3v) is 5.91. The van der Waals surface area contributed by atoms with E-state index < -0.39 is 0 Å². The molecular formula is C24H26N4O2. The van der Waals surface area contributed by atoms with Gasteiger partial charge in [0.15, 0.2) is 0 Å². The van der Waals surface area contributed by atoms with Crippen LogP contribution in [0.3, 0.4) is 0 Å². The van der Waals surface area contributed by atoms with E-state index in [9.17, 15) is 4.79 Å². The molecule has 1 fully saturated rings. The molecule has 1 N–H and O–H groups in total. The molecular weight excluding hydrogens is 376 g/mol. The number of para-hydroxylation sites is 3. The van der Waals surface area contributed by atoms with Crippen molar-refractivity contribution >= 4 is 21.9 Å². The van der Waals surface area contributed by atoms with Gasteiger partial charge in [-0.2, -0.15) is 0 Å². The molecule has 1 saturated heterocycles. The molecule has 5 rings (SSSR count). The average molecular weight is 402 g/mol. The molecule has 1 atom stereocenters. The van der Waals surface area contributed by atoms with Gasteiger partial charge >= 0.3 is 0 Å². The molecule has 154 valence electrons. The maximum Gasteiger partial charge on any atom is 0.277 e. The predicted molar refractivity (Wildman–Crippen MR) is 120 cm³/mol. The van der Waals surface area contributed by atoms with E-state index in [1.54, 1.807) is 0 Å². The van der Waals surface area contributed by atoms with Crippen LogP contribution in [0.2, 0.25) is 0 Å². The molecule has 0 spiro atoms. The van der Waals surface area contributed by atoms with Crippen LogP contribution in [-0.2, 0) is 17.8 Å². The first-order valence-electron chi connectivity index (χ1n) is 10.6. The Morgan fingerprint density at radius 3 is 2.73 bits per heavy atom. The molecule has 1 unspecified atom stereocenters. The average Bonchev–Trinajstić information content (AvgIpc) is 3.41. The van der Waals surface area contributed by atoms with Gasteiger partial charge in [0.2, 0.25) is 0 Å². The van der Waals surface area contributed by atoms with E-state index in [1.165, 1.54) is 0 Å². The second-order valence-electron chi connectivity index (χ2n) is 7.86. The molecule has 2 aromatic carbocycles. The highest BCUT2D eigenvalue weighted by molar-refractivity contribution is 5.96. The van der Waals surface area contributed by atoms with Crippen LogP contribution in [0.5, 0.6) is 0 Å². The fourth-order valence-corrected chi connectivity index (χ4v) is 4.41. The van der Waals surface area contributed by atoms with Gasteiger partial charge in [-0.25, -0.2) is 4.98 Å². The zero-order valence-electron chi connectivity index (χ0n) is 17.2. The van der Waals surface area contributed by atoms with Gasteiger partial charge in [-0.1, -0.05) is 30.3 Å². The van der Waals surface area contributed by atoms with E-state index in [1.807, 2.05) is 48.0 Å². The second-order valence-corrected chi connectivity index (χ2v) is 7.86. The SMILES string of the molecule is CNCCn1c(=O)c(-c2cn(CC3CCCO3)c3ccccc23)nc2ccccc21. The number of rotatable bonds is 6. The van der Waals surface area contributed by atoms with Crippen LogP contribution in [-0.4, -0.2) is 40.4 Å². The fourth-order valence-electron chi connectivity index (χ4n) is 4.41. The van der Waals surface area contributed by atoms with Crippen LogP contribution in [0.25, 0.3) is 33.2 Å². The Balaban J connectivity index is 1.70. The van der Waals surface area contributed by atoms with Gasteiger partial charge in [-0.15, -0.1) is 0 Å². The lowest BCUT2D eigenvalue weighted by Gasteiger charge is -2.12. The van der Waals surface area contributed by atoms with Gasteiger partial charge in [0.1, 0.15) is 5.69 Å². The summed E-state index contributed by atoms with van der Waals surface area (Å²) in [4.78, 5) is 18.3. The lowest BCUT2D eigenvalue weighted by atomic mass is 10.1. The lowest BCUT2D eigenvalue weighted by Crippen LogP contribution is -2.27. The van der Waals surface area contributed by atoms with Crippen molar-refractivity contribution in [2.75, 3.05) is 20.2 Å². The van der Waals surface area contributed by atoms with Crippen LogP contribution in [0.1, 0.15) is 12.8 Å². The third-order valence-electron chi connectivity index (χ3n) is 5.91. The Morgan fingerprint density at radius 2 is 1.93 bits per heavy atom. The molecule has 0 aliphatic carbocycles. The molecule has 1 aliphatic heterocycles. The summed E-state index contributed by atoms with van der Waals surface area (Å²) < 4.78 is 9.91. The Labute approximate surface area is 175 Å². The van der Waals surface area contributed by atoms with Crippen molar-refractivity contribution in [2.45, 2.75) is 32.0 Å². The molecule has 3 heterocycles. The number of nitrogens with zero attached hydrogens (tertiary/aromatic N) is 3. The standard InChI is InChI=1S/C24H26N4O2/c1-25-12-13-28-22-11-5-3-9-20(22)26-23(24(28)29)19-16-27(15-17-7-6-14-30-17)21-10-4-2-8-18(19)21/h2-5,8-11,16-17,25H,6-7,12-15H2,1H3. The van der Waals surface area contributed by atoms with Crippen LogP contribution in [0.4, 0.5) is 0 Å². The van der Waals surface area contributed by atoms with Crippen molar-refractivity contribution in [3.05, 3.63) is 65.1 Å². The minimum Gasteiger partial charge on any atom is -0.376 e. The Hall–Kier alpha value is -2.96. The van der Waals surface area contributed by atoms with Crippen LogP contribution >= 0.6 is 0 Å². The maximum absolute atomic E-state index is 13.5. The summed E-state index contributed by atoms with van der Waals surface area (Å²) in [5.41, 5.74) is 4.15. The molecule has 0 bridgehead atoms. The van der Waals surface area contributed by atoms with E-state index in [0.29, 0.717) is 18.8 Å². The Bertz CT molecular complexity index is 1250. The largest absolute Gasteiger partial charge is 0.376 e. The number of aromatic nitrogens is 3. The van der Waals surface area contributed by atoms with Gasteiger partial charge in [0.25, 0.3) is 5.56 Å². The number of benzene rings is 2. The van der Waals surface area contributed by atoms with Gasteiger partial charge < -0.3 is 19.2 Å². The summed E-state index contributed by atoms with van der Waals surface area (Å²) in [5.74, 6) is 0. The molecule has 30 heavy (non-hydrogen) atoms. The minimum absolute atomic E-state index is 0.0519. The number of fused-ring (bicyclic) bond motifs is 2. The zero-order chi connectivity index (χ0) is 20.5. The first kappa shape index (κ1) is 19.0. The summed E-state index contributed by atoms with van der Waals surface area (Å²) in [6, 6.07) is 16.1. The van der Waals surface area contributed by atoms with Crippen molar-refractivity contribution in [2.24, 2.45) is 0 Å². The first-order chi connectivity index (χ1) is 14.8. The first-order valence-corrected chi connectivity index (χ1v) is 10.6. The molecule has 6 heteroatoms. The molecule has 1 aliphatic rings. The number of hydrogen-bond donors (Lipinski definition) is 1. The highest BCUT2D eigenvalue weighted by atomic mass is 16.5. The van der Waals surface area contributed by atoms with Gasteiger partial charge in [-0.05, 0) is 38.1 Å². The summed E-state index contributed by atoms with van der Waals surface area (Å²) >= 11 is 0. The van der Waals surface area contributed by atoms with Crippen molar-refractivity contribution < 1.29 is 4.74 Å². The molecule has 2 aromatic heterocycles. The third kappa shape index (κ3) is 3.32. The molecule has 0 radical (unpaired) electrons. The highest BCUT2D eigenvalue weighted by Gasteiger charge is 2.21. The van der Waals surface area contributed by atoms with E-state index in [4.69, 9.17) is 9.72 Å². The predicted octanol–water partition coefficient (Wildman–Crippen LogP) is 3.42. The van der Waals surface area contributed by atoms with E-state index in [2.05, 4.69) is 28.2 Å². The van der Waals surface area contributed by atoms with Crippen LogP contribution in [0.15, 0.2) is 59.5 Å². The molecule has 0 saturated carbocycles. The van der Waals surface area contributed by atoms with Crippen molar-refractivity contribution in [3.8, 4) is 11.3 Å². The topological polar surface area (TPSA) is 61.1 Å². The maximum atomic E-state index is 13.5. The lowest BCUT2D eigenvalue weighted by molar-refractivity contribution is 0.0980. The normalized spacial score (nSPS) is 16.6. The van der Waals surface area contributed by atoms with Gasteiger partial charge in [-0.3, -0.25) is 4.79 Å².